The van der Waals surface area contributed by atoms with Crippen molar-refractivity contribution in [3.05, 3.63) is 24.0 Å². The molecule has 0 radical (unpaired) electrons. The van der Waals surface area contributed by atoms with Crippen LogP contribution in [0.5, 0.6) is 0 Å². The molecule has 0 aliphatic rings. The Morgan fingerprint density at radius 3 is 2.57 bits per heavy atom. The second-order valence-electron chi connectivity index (χ2n) is 3.43. The number of pyridine rings is 1. The summed E-state index contributed by atoms with van der Waals surface area (Å²) in [4.78, 5) is 5.36. The van der Waals surface area contributed by atoms with Gasteiger partial charge in [-0.15, -0.1) is 11.8 Å². The van der Waals surface area contributed by atoms with E-state index in [2.05, 4.69) is 18.8 Å². The molecule has 2 atom stereocenters. The molecule has 0 bridgehead atoms. The van der Waals surface area contributed by atoms with E-state index in [1.54, 1.807) is 6.92 Å². The van der Waals surface area contributed by atoms with Gasteiger partial charge in [0.1, 0.15) is 0 Å². The lowest BCUT2D eigenvalue weighted by Gasteiger charge is -2.08. The number of hydrogen-bond donors (Lipinski definition) is 1. The first-order valence-electron chi connectivity index (χ1n) is 4.94. The molecule has 0 aromatic carbocycles. The zero-order valence-electron chi connectivity index (χ0n) is 8.90. The van der Waals surface area contributed by atoms with Gasteiger partial charge in [0.2, 0.25) is 0 Å². The van der Waals surface area contributed by atoms with Gasteiger partial charge in [0, 0.05) is 16.3 Å². The molecule has 0 amide bonds. The van der Waals surface area contributed by atoms with E-state index in [9.17, 15) is 5.11 Å². The zero-order valence-corrected chi connectivity index (χ0v) is 9.71. The summed E-state index contributed by atoms with van der Waals surface area (Å²) in [6.45, 7) is 6.10. The van der Waals surface area contributed by atoms with Crippen LogP contribution in [-0.4, -0.2) is 15.3 Å². The summed E-state index contributed by atoms with van der Waals surface area (Å²) in [7, 11) is 0. The number of aliphatic hydroxyl groups excluding tert-OH is 1. The minimum atomic E-state index is -0.474. The highest BCUT2D eigenvalue weighted by molar-refractivity contribution is 7.99. The third kappa shape index (κ3) is 3.31. The van der Waals surface area contributed by atoms with E-state index in [0.717, 1.165) is 12.1 Å². The van der Waals surface area contributed by atoms with E-state index in [-0.39, 0.29) is 0 Å². The maximum atomic E-state index is 9.27. The topological polar surface area (TPSA) is 33.1 Å². The van der Waals surface area contributed by atoms with Crippen LogP contribution in [0.1, 0.15) is 39.0 Å². The Morgan fingerprint density at radius 1 is 1.43 bits per heavy atom. The first-order valence-corrected chi connectivity index (χ1v) is 5.82. The standard InChI is InChI=1S/C11H17NOS/c1-4-8(2)14-10-5-6-11(9(3)13)12-7-10/h5-9,13H,4H2,1-3H3/t8?,9-/m1/s1. The largest absolute Gasteiger partial charge is 0.387 e. The van der Waals surface area contributed by atoms with Crippen molar-refractivity contribution >= 4 is 11.8 Å². The number of thioether (sulfide) groups is 1. The predicted octanol–water partition coefficient (Wildman–Crippen LogP) is 3.03. The molecule has 0 saturated heterocycles. The third-order valence-corrected chi connectivity index (χ3v) is 3.35. The molecular formula is C11H17NOS. The van der Waals surface area contributed by atoms with E-state index in [1.807, 2.05) is 30.1 Å². The van der Waals surface area contributed by atoms with Crippen LogP contribution in [0, 0.1) is 0 Å². The summed E-state index contributed by atoms with van der Waals surface area (Å²) in [5.74, 6) is 0. The quantitative estimate of drug-likeness (QED) is 0.777. The van der Waals surface area contributed by atoms with Crippen LogP contribution >= 0.6 is 11.8 Å². The monoisotopic (exact) mass is 211 g/mol. The van der Waals surface area contributed by atoms with Crippen molar-refractivity contribution in [1.29, 1.82) is 0 Å². The minimum absolute atomic E-state index is 0.474. The van der Waals surface area contributed by atoms with Crippen molar-refractivity contribution < 1.29 is 5.11 Å². The molecule has 0 spiro atoms. The molecule has 1 aromatic heterocycles. The Morgan fingerprint density at radius 2 is 2.14 bits per heavy atom. The lowest BCUT2D eigenvalue weighted by molar-refractivity contribution is 0.194. The van der Waals surface area contributed by atoms with Gasteiger partial charge in [-0.25, -0.2) is 0 Å². The Kier molecular flexibility index (Phi) is 4.42. The summed E-state index contributed by atoms with van der Waals surface area (Å²) in [5.41, 5.74) is 0.735. The zero-order chi connectivity index (χ0) is 10.6. The highest BCUT2D eigenvalue weighted by Crippen LogP contribution is 2.24. The highest BCUT2D eigenvalue weighted by atomic mass is 32.2. The fraction of sp³-hybridized carbons (Fsp3) is 0.545. The lowest BCUT2D eigenvalue weighted by atomic mass is 10.2. The van der Waals surface area contributed by atoms with Gasteiger partial charge in [-0.2, -0.15) is 0 Å². The van der Waals surface area contributed by atoms with Crippen molar-refractivity contribution in [3.63, 3.8) is 0 Å². The summed E-state index contributed by atoms with van der Waals surface area (Å²) >= 11 is 1.82. The van der Waals surface area contributed by atoms with E-state index >= 15 is 0 Å². The molecule has 1 unspecified atom stereocenters. The molecule has 0 aliphatic heterocycles. The van der Waals surface area contributed by atoms with Gasteiger partial charge in [0.05, 0.1) is 11.8 Å². The molecule has 78 valence electrons. The Balaban J connectivity index is 2.64. The Bertz CT molecular complexity index is 271. The van der Waals surface area contributed by atoms with Crippen molar-refractivity contribution in [3.8, 4) is 0 Å². The smallest absolute Gasteiger partial charge is 0.0931 e. The summed E-state index contributed by atoms with van der Waals surface area (Å²) < 4.78 is 0. The number of nitrogens with zero attached hydrogens (tertiary/aromatic N) is 1. The first kappa shape index (κ1) is 11.5. The molecular weight excluding hydrogens is 194 g/mol. The third-order valence-electron chi connectivity index (χ3n) is 2.10. The van der Waals surface area contributed by atoms with Gasteiger partial charge >= 0.3 is 0 Å². The normalized spacial score (nSPS) is 15.1. The summed E-state index contributed by atoms with van der Waals surface area (Å²) in [6, 6.07) is 3.90. The molecule has 14 heavy (non-hydrogen) atoms. The molecule has 1 heterocycles. The first-order chi connectivity index (χ1) is 6.63. The summed E-state index contributed by atoms with van der Waals surface area (Å²) in [5, 5.41) is 9.89. The fourth-order valence-corrected chi connectivity index (χ4v) is 1.92. The second kappa shape index (κ2) is 5.37. The average Bonchev–Trinajstić information content (AvgIpc) is 2.18. The number of rotatable bonds is 4. The number of hydrogen-bond acceptors (Lipinski definition) is 3. The van der Waals surface area contributed by atoms with E-state index < -0.39 is 6.10 Å². The molecule has 2 nitrogen and oxygen atoms in total. The van der Waals surface area contributed by atoms with Crippen LogP contribution in [0.25, 0.3) is 0 Å². The molecule has 1 aromatic rings. The molecule has 3 heteroatoms. The van der Waals surface area contributed by atoms with Gasteiger partial charge in [-0.3, -0.25) is 4.98 Å². The average molecular weight is 211 g/mol. The lowest BCUT2D eigenvalue weighted by Crippen LogP contribution is -1.96. The van der Waals surface area contributed by atoms with Crippen molar-refractivity contribution in [2.45, 2.75) is 43.4 Å². The maximum Gasteiger partial charge on any atom is 0.0931 e. The summed E-state index contributed by atoms with van der Waals surface area (Å²) in [6.07, 6.45) is 2.51. The highest BCUT2D eigenvalue weighted by Gasteiger charge is 2.04. The van der Waals surface area contributed by atoms with Gasteiger partial charge < -0.3 is 5.11 Å². The van der Waals surface area contributed by atoms with Crippen molar-refractivity contribution in [1.82, 2.24) is 4.98 Å². The van der Waals surface area contributed by atoms with Crippen LogP contribution in [0.2, 0.25) is 0 Å². The van der Waals surface area contributed by atoms with Crippen LogP contribution < -0.4 is 0 Å². The molecule has 1 N–H and O–H groups in total. The van der Waals surface area contributed by atoms with Crippen molar-refractivity contribution in [2.75, 3.05) is 0 Å². The Labute approximate surface area is 89.8 Å². The molecule has 0 aliphatic carbocycles. The minimum Gasteiger partial charge on any atom is -0.387 e. The predicted molar refractivity (Wildman–Crippen MR) is 60.5 cm³/mol. The van der Waals surface area contributed by atoms with Crippen LogP contribution in [0.15, 0.2) is 23.2 Å². The van der Waals surface area contributed by atoms with Crippen LogP contribution in [-0.2, 0) is 0 Å². The number of aliphatic hydroxyl groups is 1. The van der Waals surface area contributed by atoms with Gasteiger partial charge in [0.25, 0.3) is 0 Å². The van der Waals surface area contributed by atoms with Crippen LogP contribution in [0.4, 0.5) is 0 Å². The van der Waals surface area contributed by atoms with Gasteiger partial charge in [-0.1, -0.05) is 13.8 Å². The molecule has 0 saturated carbocycles. The number of aromatic nitrogens is 1. The molecule has 0 fully saturated rings. The Hall–Kier alpha value is -0.540. The van der Waals surface area contributed by atoms with E-state index in [1.165, 1.54) is 4.90 Å². The molecule has 1 rings (SSSR count). The fourth-order valence-electron chi connectivity index (χ4n) is 1.02. The van der Waals surface area contributed by atoms with Crippen molar-refractivity contribution in [2.24, 2.45) is 0 Å². The van der Waals surface area contributed by atoms with E-state index in [0.29, 0.717) is 5.25 Å². The second-order valence-corrected chi connectivity index (χ2v) is 4.94. The maximum absolute atomic E-state index is 9.27. The van der Waals surface area contributed by atoms with Gasteiger partial charge in [0.15, 0.2) is 0 Å². The van der Waals surface area contributed by atoms with Gasteiger partial charge in [-0.05, 0) is 25.5 Å². The SMILES string of the molecule is CCC(C)Sc1ccc([C@@H](C)O)nc1. The van der Waals surface area contributed by atoms with E-state index in [4.69, 9.17) is 0 Å². The van der Waals surface area contributed by atoms with Crippen LogP contribution in [0.3, 0.4) is 0 Å².